The van der Waals surface area contributed by atoms with E-state index in [0.717, 1.165) is 28.9 Å². The van der Waals surface area contributed by atoms with Crippen LogP contribution >= 0.6 is 0 Å². The molecule has 34 heavy (non-hydrogen) atoms. The minimum absolute atomic E-state index is 0.0337. The predicted octanol–water partition coefficient (Wildman–Crippen LogP) is 3.17. The number of carbonyl (C=O) groups excluding carboxylic acids is 4. The van der Waals surface area contributed by atoms with Crippen LogP contribution in [0.15, 0.2) is 53.5 Å². The van der Waals surface area contributed by atoms with Gasteiger partial charge in [0, 0.05) is 12.6 Å². The lowest BCUT2D eigenvalue weighted by Gasteiger charge is -2.31. The molecule has 0 bridgehead atoms. The summed E-state index contributed by atoms with van der Waals surface area (Å²) in [5.74, 6) is -0.195. The number of amides is 4. The first kappa shape index (κ1) is 22.0. The average Bonchev–Trinajstić information content (AvgIpc) is 3.59. The fourth-order valence-corrected chi connectivity index (χ4v) is 5.20. The molecule has 174 valence electrons. The second kappa shape index (κ2) is 8.54. The van der Waals surface area contributed by atoms with E-state index in [0.29, 0.717) is 36.6 Å². The van der Waals surface area contributed by atoms with Gasteiger partial charge in [0.15, 0.2) is 0 Å². The van der Waals surface area contributed by atoms with Gasteiger partial charge < -0.3 is 10.2 Å². The monoisotopic (exact) mass is 458 g/mol. The minimum atomic E-state index is -1.18. The number of nitrogens with one attached hydrogen (secondary N) is 1. The van der Waals surface area contributed by atoms with Crippen LogP contribution in [0.3, 0.4) is 0 Å². The Morgan fingerprint density at radius 2 is 2.00 bits per heavy atom. The smallest absolute Gasteiger partial charge is 0.325 e. The summed E-state index contributed by atoms with van der Waals surface area (Å²) in [4.78, 5) is 56.9. The molecule has 3 aliphatic rings. The maximum absolute atomic E-state index is 13.5. The van der Waals surface area contributed by atoms with E-state index in [-0.39, 0.29) is 18.5 Å². The number of imide groups is 1. The number of carbonyl (C=O) groups is 3. The van der Waals surface area contributed by atoms with Gasteiger partial charge in [0.25, 0.3) is 5.91 Å². The summed E-state index contributed by atoms with van der Waals surface area (Å²) >= 11 is 0. The molecule has 0 unspecified atom stereocenters. The largest absolute Gasteiger partial charge is 0.334 e. The van der Waals surface area contributed by atoms with Gasteiger partial charge in [0.05, 0.1) is 5.69 Å². The van der Waals surface area contributed by atoms with Gasteiger partial charge in [-0.15, -0.1) is 0 Å². The third-order valence-electron chi connectivity index (χ3n) is 7.27. The molecule has 5 rings (SSSR count). The van der Waals surface area contributed by atoms with E-state index < -0.39 is 17.5 Å². The van der Waals surface area contributed by atoms with Crippen LogP contribution < -0.4 is 5.32 Å². The first-order chi connectivity index (χ1) is 16.4. The first-order valence-corrected chi connectivity index (χ1v) is 11.6. The number of nitrogens with zero attached hydrogens (tertiary/aromatic N) is 3. The zero-order valence-electron chi connectivity index (χ0n) is 19.0. The van der Waals surface area contributed by atoms with E-state index in [9.17, 15) is 19.2 Å². The van der Waals surface area contributed by atoms with Crippen molar-refractivity contribution in [3.05, 3.63) is 65.2 Å². The van der Waals surface area contributed by atoms with E-state index in [1.165, 1.54) is 6.08 Å². The number of aliphatic imine (C=N–C) groups is 1. The standard InChI is InChI=1S/C26H26N4O4/c1-17(19-7-8-19)29(14-18-5-3-2-4-6-18)23(32)15-30-24(33)26(28-25(30)34)12-11-20-13-21(27-16-31)9-10-22(20)26/h2-6,9-10,13,17,19H,7-8,11-12,14-15H2,1H3,(H,28,34)/t17-,26-/m0/s1. The van der Waals surface area contributed by atoms with Gasteiger partial charge in [0.2, 0.25) is 12.0 Å². The summed E-state index contributed by atoms with van der Waals surface area (Å²) in [6.45, 7) is 2.19. The summed E-state index contributed by atoms with van der Waals surface area (Å²) < 4.78 is 0. The molecule has 2 aliphatic carbocycles. The molecule has 2 aromatic rings. The van der Waals surface area contributed by atoms with Crippen molar-refractivity contribution in [2.75, 3.05) is 6.54 Å². The Morgan fingerprint density at radius 1 is 1.24 bits per heavy atom. The summed E-state index contributed by atoms with van der Waals surface area (Å²) in [5, 5.41) is 2.85. The Labute approximate surface area is 197 Å². The highest BCUT2D eigenvalue weighted by Crippen LogP contribution is 2.43. The molecule has 1 N–H and O–H groups in total. The van der Waals surface area contributed by atoms with E-state index in [2.05, 4.69) is 10.3 Å². The fourth-order valence-electron chi connectivity index (χ4n) is 5.20. The Kier molecular flexibility index (Phi) is 5.54. The zero-order chi connectivity index (χ0) is 23.9. The molecule has 2 aromatic carbocycles. The van der Waals surface area contributed by atoms with Crippen molar-refractivity contribution in [3.63, 3.8) is 0 Å². The van der Waals surface area contributed by atoms with Gasteiger partial charge in [-0.2, -0.15) is 4.99 Å². The molecular weight excluding hydrogens is 432 g/mol. The lowest BCUT2D eigenvalue weighted by molar-refractivity contribution is -0.141. The molecular formula is C26H26N4O4. The Morgan fingerprint density at radius 3 is 2.71 bits per heavy atom. The normalized spacial score (nSPS) is 21.7. The van der Waals surface area contributed by atoms with Crippen molar-refractivity contribution in [2.45, 2.75) is 50.7 Å². The van der Waals surface area contributed by atoms with Crippen LogP contribution in [0.1, 0.15) is 42.9 Å². The maximum Gasteiger partial charge on any atom is 0.325 e. The topological polar surface area (TPSA) is 99.2 Å². The maximum atomic E-state index is 13.5. The Bertz CT molecular complexity index is 1200. The van der Waals surface area contributed by atoms with E-state index in [4.69, 9.17) is 0 Å². The van der Waals surface area contributed by atoms with Crippen LogP contribution in [-0.2, 0) is 32.9 Å². The number of hydrogen-bond acceptors (Lipinski definition) is 5. The lowest BCUT2D eigenvalue weighted by Crippen LogP contribution is -2.47. The molecule has 2 fully saturated rings. The van der Waals surface area contributed by atoms with Gasteiger partial charge in [0.1, 0.15) is 12.1 Å². The van der Waals surface area contributed by atoms with Crippen LogP contribution in [0.25, 0.3) is 0 Å². The van der Waals surface area contributed by atoms with Crippen LogP contribution in [-0.4, -0.2) is 46.3 Å². The van der Waals surface area contributed by atoms with Gasteiger partial charge in [-0.05, 0) is 67.3 Å². The van der Waals surface area contributed by atoms with Gasteiger partial charge in [-0.25, -0.2) is 9.59 Å². The van der Waals surface area contributed by atoms with E-state index in [1.54, 1.807) is 23.1 Å². The summed E-state index contributed by atoms with van der Waals surface area (Å²) in [7, 11) is 0. The molecule has 2 atom stereocenters. The molecule has 8 nitrogen and oxygen atoms in total. The van der Waals surface area contributed by atoms with Gasteiger partial charge in [-0.1, -0.05) is 36.4 Å². The Hall–Kier alpha value is -3.77. The van der Waals surface area contributed by atoms with Crippen molar-refractivity contribution >= 4 is 29.6 Å². The number of hydrogen-bond donors (Lipinski definition) is 1. The fraction of sp³-hybridized carbons (Fsp3) is 0.385. The highest BCUT2D eigenvalue weighted by Gasteiger charge is 2.56. The van der Waals surface area contributed by atoms with Crippen LogP contribution in [0.4, 0.5) is 10.5 Å². The third-order valence-corrected chi connectivity index (χ3v) is 7.27. The van der Waals surface area contributed by atoms with Crippen molar-refractivity contribution < 1.29 is 19.2 Å². The highest BCUT2D eigenvalue weighted by atomic mass is 16.2. The second-order valence-electron chi connectivity index (χ2n) is 9.36. The third kappa shape index (κ3) is 3.80. The molecule has 0 aromatic heterocycles. The number of urea groups is 1. The molecule has 1 heterocycles. The second-order valence-corrected chi connectivity index (χ2v) is 9.36. The summed E-state index contributed by atoms with van der Waals surface area (Å²) in [6.07, 6.45) is 4.64. The van der Waals surface area contributed by atoms with Crippen LogP contribution in [0, 0.1) is 5.92 Å². The minimum Gasteiger partial charge on any atom is -0.334 e. The lowest BCUT2D eigenvalue weighted by atomic mass is 9.91. The van der Waals surface area contributed by atoms with E-state index >= 15 is 0 Å². The van der Waals surface area contributed by atoms with Crippen molar-refractivity contribution in [2.24, 2.45) is 10.9 Å². The Balaban J connectivity index is 1.37. The number of aryl methyl sites for hydroxylation is 1. The molecule has 8 heteroatoms. The van der Waals surface area contributed by atoms with Crippen LogP contribution in [0.2, 0.25) is 0 Å². The van der Waals surface area contributed by atoms with E-state index in [1.807, 2.05) is 37.3 Å². The van der Waals surface area contributed by atoms with Gasteiger partial charge >= 0.3 is 6.03 Å². The zero-order valence-corrected chi connectivity index (χ0v) is 19.0. The molecule has 0 radical (unpaired) electrons. The molecule has 1 saturated carbocycles. The molecule has 1 spiro atoms. The van der Waals surface area contributed by atoms with Crippen molar-refractivity contribution in [1.82, 2.24) is 15.1 Å². The molecule has 4 amide bonds. The number of isocyanates is 1. The molecule has 1 saturated heterocycles. The number of benzene rings is 2. The first-order valence-electron chi connectivity index (χ1n) is 11.6. The van der Waals surface area contributed by atoms with Gasteiger partial charge in [-0.3, -0.25) is 14.5 Å². The van der Waals surface area contributed by atoms with Crippen molar-refractivity contribution in [1.29, 1.82) is 0 Å². The summed E-state index contributed by atoms with van der Waals surface area (Å²) in [6, 6.07) is 14.3. The SMILES string of the molecule is C[C@@H](C1CC1)N(Cc1ccccc1)C(=O)CN1C(=O)N[C@]2(CCc3cc(N=C=O)ccc32)C1=O. The van der Waals surface area contributed by atoms with Crippen molar-refractivity contribution in [3.8, 4) is 0 Å². The number of fused-ring (bicyclic) bond motifs is 2. The highest BCUT2D eigenvalue weighted by molar-refractivity contribution is 6.10. The predicted molar refractivity (Wildman–Crippen MR) is 124 cm³/mol. The number of rotatable bonds is 7. The molecule has 1 aliphatic heterocycles. The quantitative estimate of drug-likeness (QED) is 0.391. The van der Waals surface area contributed by atoms with Crippen LogP contribution in [0.5, 0.6) is 0 Å². The summed E-state index contributed by atoms with van der Waals surface area (Å²) in [5.41, 5.74) is 1.84. The average molecular weight is 459 g/mol.